The number of amides is 1. The van der Waals surface area contributed by atoms with Gasteiger partial charge in [-0.15, -0.1) is 0 Å². The average Bonchev–Trinajstić information content (AvgIpc) is 3.13. The van der Waals surface area contributed by atoms with Gasteiger partial charge in [0, 0.05) is 50.2 Å². The molecule has 5 nitrogen and oxygen atoms in total. The van der Waals surface area contributed by atoms with E-state index in [0.29, 0.717) is 6.54 Å². The van der Waals surface area contributed by atoms with Crippen LogP contribution in [0, 0.1) is 0 Å². The number of methoxy groups -OCH3 is 1. The second-order valence-corrected chi connectivity index (χ2v) is 6.89. The van der Waals surface area contributed by atoms with Crippen LogP contribution in [-0.2, 0) is 11.2 Å². The molecule has 1 amide bonds. The molecule has 0 radical (unpaired) electrons. The van der Waals surface area contributed by atoms with E-state index >= 15 is 0 Å². The highest BCUT2D eigenvalue weighted by molar-refractivity contribution is 5.96. The second-order valence-electron chi connectivity index (χ2n) is 6.89. The fourth-order valence-corrected chi connectivity index (χ4v) is 3.85. The van der Waals surface area contributed by atoms with E-state index in [-0.39, 0.29) is 5.91 Å². The summed E-state index contributed by atoms with van der Waals surface area (Å²) in [5.41, 5.74) is 3.56. The van der Waals surface area contributed by atoms with Crippen molar-refractivity contribution in [3.63, 3.8) is 0 Å². The molecule has 2 aliphatic rings. The lowest BCUT2D eigenvalue weighted by atomic mass is 10.2. The zero-order chi connectivity index (χ0) is 17.9. The Morgan fingerprint density at radius 3 is 2.62 bits per heavy atom. The van der Waals surface area contributed by atoms with Gasteiger partial charge in [0.05, 0.1) is 13.7 Å². The lowest BCUT2D eigenvalue weighted by Crippen LogP contribution is -2.50. The van der Waals surface area contributed by atoms with Gasteiger partial charge in [-0.05, 0) is 30.2 Å². The van der Waals surface area contributed by atoms with Gasteiger partial charge in [0.1, 0.15) is 5.75 Å². The molecular weight excluding hydrogens is 326 g/mol. The number of nitrogens with zero attached hydrogens (tertiary/aromatic N) is 3. The van der Waals surface area contributed by atoms with Crippen molar-refractivity contribution in [1.29, 1.82) is 0 Å². The summed E-state index contributed by atoms with van der Waals surface area (Å²) < 4.78 is 5.32. The molecule has 2 aromatic carbocycles. The summed E-state index contributed by atoms with van der Waals surface area (Å²) in [6.45, 7) is 4.97. The lowest BCUT2D eigenvalue weighted by Gasteiger charge is -2.36. The predicted molar refractivity (Wildman–Crippen MR) is 104 cm³/mol. The number of ether oxygens (including phenoxy) is 1. The maximum absolute atomic E-state index is 12.8. The maximum Gasteiger partial charge on any atom is 0.241 e. The SMILES string of the molecule is COc1cccc(N2CCN(CC(=O)N3CCc4ccccc43)CC2)c1. The van der Waals surface area contributed by atoms with Crippen molar-refractivity contribution >= 4 is 17.3 Å². The van der Waals surface area contributed by atoms with Crippen molar-refractivity contribution in [1.82, 2.24) is 4.90 Å². The third-order valence-electron chi connectivity index (χ3n) is 5.34. The number of anilines is 2. The fourth-order valence-electron chi connectivity index (χ4n) is 3.85. The highest BCUT2D eigenvalue weighted by Gasteiger charge is 2.27. The predicted octanol–water partition coefficient (Wildman–Crippen LogP) is 2.41. The molecule has 1 fully saturated rings. The highest BCUT2D eigenvalue weighted by Crippen LogP contribution is 2.27. The van der Waals surface area contributed by atoms with Gasteiger partial charge in [-0.3, -0.25) is 9.69 Å². The first-order valence-corrected chi connectivity index (χ1v) is 9.24. The number of hydrogen-bond donors (Lipinski definition) is 0. The van der Waals surface area contributed by atoms with Crippen LogP contribution in [0.3, 0.4) is 0 Å². The van der Waals surface area contributed by atoms with Gasteiger partial charge in [-0.25, -0.2) is 0 Å². The standard InChI is InChI=1S/C21H25N3O2/c1-26-19-7-4-6-18(15-19)23-13-11-22(12-14-23)16-21(25)24-10-9-17-5-2-3-8-20(17)24/h2-8,15H,9-14,16H2,1H3. The number of rotatable bonds is 4. The molecular formula is C21H25N3O2. The minimum absolute atomic E-state index is 0.213. The van der Waals surface area contributed by atoms with Crippen molar-refractivity contribution in [2.45, 2.75) is 6.42 Å². The molecule has 1 saturated heterocycles. The summed E-state index contributed by atoms with van der Waals surface area (Å²) in [5.74, 6) is 1.09. The van der Waals surface area contributed by atoms with E-state index in [1.165, 1.54) is 11.3 Å². The second kappa shape index (κ2) is 7.38. The van der Waals surface area contributed by atoms with E-state index in [9.17, 15) is 4.79 Å². The van der Waals surface area contributed by atoms with Crippen LogP contribution in [0.1, 0.15) is 5.56 Å². The minimum atomic E-state index is 0.213. The summed E-state index contributed by atoms with van der Waals surface area (Å²) in [4.78, 5) is 19.3. The van der Waals surface area contributed by atoms with Gasteiger partial charge in [-0.1, -0.05) is 24.3 Å². The first-order valence-electron chi connectivity index (χ1n) is 9.24. The van der Waals surface area contributed by atoms with Gasteiger partial charge in [0.2, 0.25) is 5.91 Å². The Labute approximate surface area is 154 Å². The van der Waals surface area contributed by atoms with Crippen molar-refractivity contribution in [2.24, 2.45) is 0 Å². The van der Waals surface area contributed by atoms with Crippen LogP contribution >= 0.6 is 0 Å². The van der Waals surface area contributed by atoms with Crippen LogP contribution in [0.15, 0.2) is 48.5 Å². The quantitative estimate of drug-likeness (QED) is 0.848. The van der Waals surface area contributed by atoms with Crippen molar-refractivity contribution in [2.75, 3.05) is 56.2 Å². The molecule has 136 valence electrons. The number of carbonyl (C=O) groups is 1. The summed E-state index contributed by atoms with van der Waals surface area (Å²) in [6.07, 6.45) is 0.964. The number of hydrogen-bond acceptors (Lipinski definition) is 4. The van der Waals surface area contributed by atoms with E-state index in [1.807, 2.05) is 29.2 Å². The first kappa shape index (κ1) is 16.9. The topological polar surface area (TPSA) is 36.0 Å². The molecule has 0 aromatic heterocycles. The van der Waals surface area contributed by atoms with E-state index < -0.39 is 0 Å². The largest absolute Gasteiger partial charge is 0.497 e. The van der Waals surface area contributed by atoms with Gasteiger partial charge in [0.25, 0.3) is 0 Å². The van der Waals surface area contributed by atoms with E-state index in [1.54, 1.807) is 7.11 Å². The highest BCUT2D eigenvalue weighted by atomic mass is 16.5. The maximum atomic E-state index is 12.8. The Morgan fingerprint density at radius 2 is 1.81 bits per heavy atom. The van der Waals surface area contributed by atoms with Gasteiger partial charge < -0.3 is 14.5 Å². The molecule has 2 aromatic rings. The molecule has 0 atom stereocenters. The Bertz CT molecular complexity index is 784. The number of carbonyl (C=O) groups excluding carboxylic acids is 1. The Morgan fingerprint density at radius 1 is 1.00 bits per heavy atom. The van der Waals surface area contributed by atoms with E-state index in [2.05, 4.69) is 34.1 Å². The van der Waals surface area contributed by atoms with Crippen LogP contribution < -0.4 is 14.5 Å². The Hall–Kier alpha value is -2.53. The Kier molecular flexibility index (Phi) is 4.80. The third-order valence-corrected chi connectivity index (χ3v) is 5.34. The molecule has 0 spiro atoms. The van der Waals surface area contributed by atoms with E-state index in [0.717, 1.165) is 50.6 Å². The normalized spacial score (nSPS) is 17.3. The van der Waals surface area contributed by atoms with Crippen molar-refractivity contribution in [3.8, 4) is 5.75 Å². The number of fused-ring (bicyclic) bond motifs is 1. The summed E-state index contributed by atoms with van der Waals surface area (Å²) in [5, 5.41) is 0. The van der Waals surface area contributed by atoms with Crippen molar-refractivity contribution < 1.29 is 9.53 Å². The summed E-state index contributed by atoms with van der Waals surface area (Å²) in [7, 11) is 1.69. The molecule has 26 heavy (non-hydrogen) atoms. The number of benzene rings is 2. The minimum Gasteiger partial charge on any atom is -0.497 e. The van der Waals surface area contributed by atoms with Gasteiger partial charge in [0.15, 0.2) is 0 Å². The van der Waals surface area contributed by atoms with Crippen LogP contribution in [-0.4, -0.2) is 57.2 Å². The van der Waals surface area contributed by atoms with Crippen LogP contribution in [0.25, 0.3) is 0 Å². The molecule has 2 heterocycles. The molecule has 0 unspecified atom stereocenters. The molecule has 4 rings (SSSR count). The summed E-state index contributed by atoms with van der Waals surface area (Å²) >= 11 is 0. The first-order chi connectivity index (χ1) is 12.7. The number of piperazine rings is 1. The zero-order valence-corrected chi connectivity index (χ0v) is 15.2. The smallest absolute Gasteiger partial charge is 0.241 e. The average molecular weight is 351 g/mol. The zero-order valence-electron chi connectivity index (χ0n) is 15.2. The fraction of sp³-hybridized carbons (Fsp3) is 0.381. The van der Waals surface area contributed by atoms with Crippen LogP contribution in [0.2, 0.25) is 0 Å². The molecule has 0 bridgehead atoms. The monoisotopic (exact) mass is 351 g/mol. The molecule has 2 aliphatic heterocycles. The van der Waals surface area contributed by atoms with Crippen molar-refractivity contribution in [3.05, 3.63) is 54.1 Å². The molecule has 0 N–H and O–H groups in total. The van der Waals surface area contributed by atoms with Gasteiger partial charge in [-0.2, -0.15) is 0 Å². The molecule has 0 saturated carbocycles. The van der Waals surface area contributed by atoms with Crippen LogP contribution in [0.4, 0.5) is 11.4 Å². The lowest BCUT2D eigenvalue weighted by molar-refractivity contribution is -0.119. The van der Waals surface area contributed by atoms with Gasteiger partial charge >= 0.3 is 0 Å². The third kappa shape index (κ3) is 3.40. The molecule has 0 aliphatic carbocycles. The Balaban J connectivity index is 1.33. The van der Waals surface area contributed by atoms with E-state index in [4.69, 9.17) is 4.74 Å². The number of para-hydroxylation sites is 1. The molecule has 5 heteroatoms. The summed E-state index contributed by atoms with van der Waals surface area (Å²) in [6, 6.07) is 16.4. The van der Waals surface area contributed by atoms with Crippen LogP contribution in [0.5, 0.6) is 5.75 Å².